The first-order chi connectivity index (χ1) is 15.1. The summed E-state index contributed by atoms with van der Waals surface area (Å²) in [5.74, 6) is -2.95. The van der Waals surface area contributed by atoms with Crippen molar-refractivity contribution in [2.75, 3.05) is 13.1 Å². The van der Waals surface area contributed by atoms with Crippen LogP contribution in [0.25, 0.3) is 11.3 Å². The predicted octanol–water partition coefficient (Wildman–Crippen LogP) is 3.25. The zero-order chi connectivity index (χ0) is 23.3. The number of aromatic nitrogens is 4. The van der Waals surface area contributed by atoms with Crippen molar-refractivity contribution in [3.63, 3.8) is 0 Å². The lowest BCUT2D eigenvalue weighted by atomic mass is 10.0. The van der Waals surface area contributed by atoms with Crippen molar-refractivity contribution in [2.45, 2.75) is 25.6 Å². The normalized spacial score (nSPS) is 14.2. The van der Waals surface area contributed by atoms with Gasteiger partial charge in [-0.3, -0.25) is 9.58 Å². The third-order valence-electron chi connectivity index (χ3n) is 4.92. The molecular formula is C21H21F4N5O2. The summed E-state index contributed by atoms with van der Waals surface area (Å²) >= 11 is 0. The molecule has 0 fully saturated rings. The molecule has 0 bridgehead atoms. The molecule has 11 heteroatoms. The highest BCUT2D eigenvalue weighted by atomic mass is 19.4. The number of halogens is 4. The van der Waals surface area contributed by atoms with Gasteiger partial charge in [-0.2, -0.15) is 18.3 Å². The third-order valence-corrected chi connectivity index (χ3v) is 4.92. The van der Waals surface area contributed by atoms with Crippen LogP contribution in [0.5, 0.6) is 0 Å². The van der Waals surface area contributed by atoms with Crippen molar-refractivity contribution in [3.8, 4) is 11.3 Å². The van der Waals surface area contributed by atoms with Crippen molar-refractivity contribution in [2.24, 2.45) is 7.05 Å². The Hall–Kier alpha value is -3.34. The minimum absolute atomic E-state index is 0.191. The molecule has 0 aliphatic carbocycles. The number of carboxylic acids is 1. The van der Waals surface area contributed by atoms with Gasteiger partial charge in [0.2, 0.25) is 0 Å². The SMILES string of the molecule is Cn1cc(-c2ncnc3c2CCN(Cc2ccc(F)cc2)CC3)cn1.O=C(O)C(F)(F)F. The van der Waals surface area contributed by atoms with Gasteiger partial charge in [0.25, 0.3) is 0 Å². The Balaban J connectivity index is 0.000000360. The first kappa shape index (κ1) is 23.3. The second-order valence-corrected chi connectivity index (χ2v) is 7.26. The number of fused-ring (bicyclic) bond motifs is 1. The molecule has 0 amide bonds. The molecule has 4 rings (SSSR count). The van der Waals surface area contributed by atoms with Crippen molar-refractivity contribution < 1.29 is 27.5 Å². The predicted molar refractivity (Wildman–Crippen MR) is 107 cm³/mol. The number of alkyl halides is 3. The van der Waals surface area contributed by atoms with E-state index < -0.39 is 12.1 Å². The maximum absolute atomic E-state index is 13.1. The van der Waals surface area contributed by atoms with Crippen molar-refractivity contribution in [1.29, 1.82) is 0 Å². The van der Waals surface area contributed by atoms with Gasteiger partial charge in [-0.05, 0) is 24.1 Å². The molecule has 32 heavy (non-hydrogen) atoms. The van der Waals surface area contributed by atoms with Crippen molar-refractivity contribution in [3.05, 3.63) is 65.6 Å². The van der Waals surface area contributed by atoms with Crippen LogP contribution in [0.2, 0.25) is 0 Å². The second-order valence-electron chi connectivity index (χ2n) is 7.26. The number of benzene rings is 1. The van der Waals surface area contributed by atoms with Crippen molar-refractivity contribution in [1.82, 2.24) is 24.6 Å². The fourth-order valence-electron chi connectivity index (χ4n) is 3.37. The molecule has 7 nitrogen and oxygen atoms in total. The van der Waals surface area contributed by atoms with E-state index in [-0.39, 0.29) is 5.82 Å². The summed E-state index contributed by atoms with van der Waals surface area (Å²) in [6.07, 6.45) is 2.21. The van der Waals surface area contributed by atoms with Crippen LogP contribution in [0.4, 0.5) is 17.6 Å². The number of aryl methyl sites for hydroxylation is 1. The maximum atomic E-state index is 13.1. The highest BCUT2D eigenvalue weighted by Gasteiger charge is 2.38. The minimum Gasteiger partial charge on any atom is -0.475 e. The smallest absolute Gasteiger partial charge is 0.475 e. The van der Waals surface area contributed by atoms with Gasteiger partial charge in [0, 0.05) is 56.1 Å². The van der Waals surface area contributed by atoms with E-state index in [0.717, 1.165) is 55.0 Å². The van der Waals surface area contributed by atoms with Gasteiger partial charge in [0.1, 0.15) is 12.1 Å². The van der Waals surface area contributed by atoms with Gasteiger partial charge < -0.3 is 5.11 Å². The molecule has 0 atom stereocenters. The first-order valence-corrected chi connectivity index (χ1v) is 9.72. The molecule has 1 aromatic carbocycles. The number of hydrogen-bond acceptors (Lipinski definition) is 5. The van der Waals surface area contributed by atoms with E-state index in [1.165, 1.54) is 17.7 Å². The fraction of sp³-hybridized carbons (Fsp3) is 0.333. The molecule has 0 spiro atoms. The van der Waals surface area contributed by atoms with Crippen LogP contribution in [0.3, 0.4) is 0 Å². The lowest BCUT2D eigenvalue weighted by Gasteiger charge is -2.19. The number of rotatable bonds is 3. The van der Waals surface area contributed by atoms with Crippen LogP contribution in [0.15, 0.2) is 43.0 Å². The molecule has 3 heterocycles. The third kappa shape index (κ3) is 6.10. The summed E-state index contributed by atoms with van der Waals surface area (Å²) in [5.41, 5.74) is 5.49. The molecule has 0 radical (unpaired) electrons. The average molecular weight is 451 g/mol. The van der Waals surface area contributed by atoms with Crippen LogP contribution in [-0.4, -0.2) is 55.0 Å². The Morgan fingerprint density at radius 1 is 1.12 bits per heavy atom. The largest absolute Gasteiger partial charge is 0.490 e. The van der Waals surface area contributed by atoms with Crippen LogP contribution >= 0.6 is 0 Å². The van der Waals surface area contributed by atoms with E-state index in [1.807, 2.05) is 31.6 Å². The quantitative estimate of drug-likeness (QED) is 0.616. The highest BCUT2D eigenvalue weighted by molar-refractivity contribution is 5.73. The van der Waals surface area contributed by atoms with E-state index >= 15 is 0 Å². The molecule has 0 unspecified atom stereocenters. The summed E-state index contributed by atoms with van der Waals surface area (Å²) in [6.45, 7) is 2.70. The van der Waals surface area contributed by atoms with E-state index in [4.69, 9.17) is 9.90 Å². The standard InChI is InChI=1S/C19H20FN5.C2HF3O2/c1-24-12-15(10-23-24)19-17-6-8-25(9-7-18(17)21-13-22-19)11-14-2-4-16(20)5-3-14;3-2(4,5)1(6)7/h2-5,10,12-13H,6-9,11H2,1H3;(H,6,7). The lowest BCUT2D eigenvalue weighted by Crippen LogP contribution is -2.25. The van der Waals surface area contributed by atoms with Crippen molar-refractivity contribution >= 4 is 5.97 Å². The Bertz CT molecular complexity index is 1070. The lowest BCUT2D eigenvalue weighted by molar-refractivity contribution is -0.192. The summed E-state index contributed by atoms with van der Waals surface area (Å²) in [4.78, 5) is 20.3. The molecule has 3 aromatic rings. The summed E-state index contributed by atoms with van der Waals surface area (Å²) in [7, 11) is 1.91. The molecular weight excluding hydrogens is 430 g/mol. The average Bonchev–Trinajstić information content (AvgIpc) is 3.06. The van der Waals surface area contributed by atoms with Gasteiger partial charge in [0.05, 0.1) is 11.9 Å². The molecule has 1 N–H and O–H groups in total. The Morgan fingerprint density at radius 3 is 2.38 bits per heavy atom. The van der Waals surface area contributed by atoms with E-state index in [2.05, 4.69) is 20.0 Å². The second kappa shape index (κ2) is 9.86. The van der Waals surface area contributed by atoms with Gasteiger partial charge in [-0.15, -0.1) is 0 Å². The highest BCUT2D eigenvalue weighted by Crippen LogP contribution is 2.25. The van der Waals surface area contributed by atoms with E-state index in [1.54, 1.807) is 11.0 Å². The number of carbonyl (C=O) groups is 1. The van der Waals surface area contributed by atoms with Gasteiger partial charge in [0.15, 0.2) is 0 Å². The summed E-state index contributed by atoms with van der Waals surface area (Å²) in [6, 6.07) is 6.75. The molecule has 1 aliphatic rings. The zero-order valence-electron chi connectivity index (χ0n) is 17.2. The topological polar surface area (TPSA) is 84.1 Å². The molecule has 0 saturated heterocycles. The van der Waals surface area contributed by atoms with Crippen LogP contribution in [-0.2, 0) is 31.2 Å². The van der Waals surface area contributed by atoms with E-state index in [0.29, 0.717) is 0 Å². The molecule has 170 valence electrons. The Kier molecular flexibility index (Phi) is 7.18. The zero-order valence-corrected chi connectivity index (χ0v) is 17.2. The number of aliphatic carboxylic acids is 1. The van der Waals surface area contributed by atoms with E-state index in [9.17, 15) is 17.6 Å². The molecule has 2 aromatic heterocycles. The summed E-state index contributed by atoms with van der Waals surface area (Å²) in [5, 5.41) is 11.4. The number of hydrogen-bond donors (Lipinski definition) is 1. The minimum atomic E-state index is -5.08. The fourth-order valence-corrected chi connectivity index (χ4v) is 3.37. The molecule has 0 saturated carbocycles. The van der Waals surface area contributed by atoms with Crippen LogP contribution in [0.1, 0.15) is 16.8 Å². The van der Waals surface area contributed by atoms with Gasteiger partial charge >= 0.3 is 12.1 Å². The summed E-state index contributed by atoms with van der Waals surface area (Å²) < 4.78 is 46.6. The van der Waals surface area contributed by atoms with Crippen LogP contribution in [0, 0.1) is 5.82 Å². The van der Waals surface area contributed by atoms with Crippen LogP contribution < -0.4 is 0 Å². The van der Waals surface area contributed by atoms with Gasteiger partial charge in [-0.25, -0.2) is 19.2 Å². The Morgan fingerprint density at radius 2 is 1.78 bits per heavy atom. The first-order valence-electron chi connectivity index (χ1n) is 9.72. The monoisotopic (exact) mass is 451 g/mol. The number of carboxylic acid groups (broad SMARTS) is 1. The Labute approximate surface area is 181 Å². The maximum Gasteiger partial charge on any atom is 0.490 e. The number of nitrogens with zero attached hydrogens (tertiary/aromatic N) is 5. The van der Waals surface area contributed by atoms with Gasteiger partial charge in [-0.1, -0.05) is 12.1 Å². The molecule has 1 aliphatic heterocycles.